The minimum absolute atomic E-state index is 0.0145. The van der Waals surface area contributed by atoms with E-state index in [1.165, 1.54) is 4.31 Å². The van der Waals surface area contributed by atoms with Crippen LogP contribution in [0.4, 0.5) is 13.2 Å². The normalized spacial score (nSPS) is 16.9. The molecule has 0 bridgehead atoms. The third kappa shape index (κ3) is 8.47. The Kier molecular flexibility index (Phi) is 10.4. The zero-order valence-electron chi connectivity index (χ0n) is 19.9. The molecule has 0 amide bonds. The SMILES string of the molecule is CCC(CC[C@H](N)Cc1cc(F)c(F)cc1F)N(CC(C)C)S(=O)(=O)CCNS(=O)(=O)C1CC1. The molecule has 0 radical (unpaired) electrons. The van der Waals surface area contributed by atoms with E-state index in [0.29, 0.717) is 38.2 Å². The van der Waals surface area contributed by atoms with Crippen LogP contribution in [0.2, 0.25) is 0 Å². The van der Waals surface area contributed by atoms with Crippen LogP contribution in [0.1, 0.15) is 58.4 Å². The van der Waals surface area contributed by atoms with E-state index in [9.17, 15) is 30.0 Å². The lowest BCUT2D eigenvalue weighted by Crippen LogP contribution is -2.46. The van der Waals surface area contributed by atoms with Crippen molar-refractivity contribution in [3.05, 3.63) is 35.1 Å². The molecule has 2 rings (SSSR count). The molecule has 0 aromatic heterocycles. The molecule has 1 fully saturated rings. The highest BCUT2D eigenvalue weighted by atomic mass is 32.2. The topological polar surface area (TPSA) is 110 Å². The number of nitrogens with zero attached hydrogens (tertiary/aromatic N) is 1. The fourth-order valence-corrected chi connectivity index (χ4v) is 7.18. The van der Waals surface area contributed by atoms with Crippen molar-refractivity contribution in [1.82, 2.24) is 9.03 Å². The maximum atomic E-state index is 13.9. The van der Waals surface area contributed by atoms with E-state index in [1.54, 1.807) is 0 Å². The zero-order valence-corrected chi connectivity index (χ0v) is 21.6. The van der Waals surface area contributed by atoms with Crippen molar-refractivity contribution in [2.75, 3.05) is 18.8 Å². The average Bonchev–Trinajstić information content (AvgIpc) is 3.57. The van der Waals surface area contributed by atoms with E-state index >= 15 is 0 Å². The van der Waals surface area contributed by atoms with E-state index in [-0.39, 0.29) is 42.8 Å². The van der Waals surface area contributed by atoms with Crippen LogP contribution in [0.5, 0.6) is 0 Å². The Hall–Kier alpha value is -1.21. The molecule has 0 heterocycles. The second-order valence-electron chi connectivity index (χ2n) is 9.38. The van der Waals surface area contributed by atoms with Gasteiger partial charge in [-0.15, -0.1) is 0 Å². The third-order valence-electron chi connectivity index (χ3n) is 5.85. The highest BCUT2D eigenvalue weighted by Crippen LogP contribution is 2.27. The molecule has 1 aromatic carbocycles. The lowest BCUT2D eigenvalue weighted by molar-refractivity contribution is 0.262. The van der Waals surface area contributed by atoms with Gasteiger partial charge in [0.15, 0.2) is 11.6 Å². The van der Waals surface area contributed by atoms with Crippen LogP contribution < -0.4 is 10.5 Å². The number of sulfonamides is 2. The first-order chi connectivity index (χ1) is 15.8. The van der Waals surface area contributed by atoms with Crippen molar-refractivity contribution in [3.8, 4) is 0 Å². The lowest BCUT2D eigenvalue weighted by Gasteiger charge is -2.32. The van der Waals surface area contributed by atoms with Crippen LogP contribution in [0.15, 0.2) is 12.1 Å². The van der Waals surface area contributed by atoms with Gasteiger partial charge in [-0.1, -0.05) is 20.8 Å². The summed E-state index contributed by atoms with van der Waals surface area (Å²) < 4.78 is 94.6. The van der Waals surface area contributed by atoms with Crippen molar-refractivity contribution in [3.63, 3.8) is 0 Å². The van der Waals surface area contributed by atoms with Gasteiger partial charge in [0.1, 0.15) is 5.82 Å². The third-order valence-corrected chi connectivity index (χ3v) is 9.69. The molecular weight excluding hydrogens is 491 g/mol. The Labute approximate surface area is 201 Å². The van der Waals surface area contributed by atoms with Gasteiger partial charge in [-0.05, 0) is 56.1 Å². The summed E-state index contributed by atoms with van der Waals surface area (Å²) in [6.07, 6.45) is 2.41. The number of halogens is 3. The van der Waals surface area contributed by atoms with E-state index in [4.69, 9.17) is 5.73 Å². The summed E-state index contributed by atoms with van der Waals surface area (Å²) in [5, 5.41) is -0.425. The van der Waals surface area contributed by atoms with Crippen LogP contribution in [-0.2, 0) is 26.5 Å². The quantitative estimate of drug-likeness (QED) is 0.341. The average molecular weight is 528 g/mol. The number of benzene rings is 1. The number of nitrogens with one attached hydrogen (secondary N) is 1. The van der Waals surface area contributed by atoms with Gasteiger partial charge in [-0.3, -0.25) is 0 Å². The minimum atomic E-state index is -3.77. The van der Waals surface area contributed by atoms with Gasteiger partial charge in [-0.25, -0.2) is 34.7 Å². The van der Waals surface area contributed by atoms with Crippen molar-refractivity contribution >= 4 is 20.0 Å². The van der Waals surface area contributed by atoms with E-state index in [1.807, 2.05) is 20.8 Å². The van der Waals surface area contributed by atoms with Gasteiger partial charge in [0, 0.05) is 31.2 Å². The molecular formula is C22H36F3N3O4S2. The molecule has 2 atom stereocenters. The van der Waals surface area contributed by atoms with Crippen molar-refractivity contribution < 1.29 is 30.0 Å². The maximum absolute atomic E-state index is 13.9. The summed E-state index contributed by atoms with van der Waals surface area (Å²) in [6, 6.07) is 0.316. The number of nitrogens with two attached hydrogens (primary N) is 1. The summed E-state index contributed by atoms with van der Waals surface area (Å²) >= 11 is 0. The molecule has 196 valence electrons. The van der Waals surface area contributed by atoms with E-state index in [2.05, 4.69) is 4.72 Å². The summed E-state index contributed by atoms with van der Waals surface area (Å²) in [6.45, 7) is 5.71. The summed E-state index contributed by atoms with van der Waals surface area (Å²) in [4.78, 5) is 0. The van der Waals surface area contributed by atoms with Gasteiger partial charge < -0.3 is 5.73 Å². The molecule has 0 spiro atoms. The number of hydrogen-bond acceptors (Lipinski definition) is 5. The molecule has 0 aliphatic heterocycles. The molecule has 1 aromatic rings. The highest BCUT2D eigenvalue weighted by Gasteiger charge is 2.36. The second kappa shape index (κ2) is 12.2. The second-order valence-corrected chi connectivity index (χ2v) is 13.5. The largest absolute Gasteiger partial charge is 0.327 e. The molecule has 3 N–H and O–H groups in total. The Bertz CT molecular complexity index is 1030. The Morgan fingerprint density at radius 2 is 1.68 bits per heavy atom. The standard InChI is InChI=1S/C22H36F3N3O4S2/c1-4-18(6-5-17(26)11-16-12-21(24)22(25)13-20(16)23)28(14-15(2)3)33(29,30)10-9-27-34(31,32)19-7-8-19/h12-13,15,17-19,27H,4-11,14,26H2,1-3H3/t17-,18?/m0/s1. The fourth-order valence-electron chi connectivity index (χ4n) is 3.84. The zero-order chi connectivity index (χ0) is 25.7. The first kappa shape index (κ1) is 29.0. The van der Waals surface area contributed by atoms with E-state index in [0.717, 1.165) is 6.07 Å². The Morgan fingerprint density at radius 1 is 1.06 bits per heavy atom. The first-order valence-electron chi connectivity index (χ1n) is 11.6. The molecule has 0 saturated heterocycles. The highest BCUT2D eigenvalue weighted by molar-refractivity contribution is 7.90. The number of hydrogen-bond donors (Lipinski definition) is 2. The Morgan fingerprint density at radius 3 is 2.24 bits per heavy atom. The van der Waals surface area contributed by atoms with Gasteiger partial charge in [0.05, 0.1) is 11.0 Å². The van der Waals surface area contributed by atoms with Gasteiger partial charge in [0.25, 0.3) is 0 Å². The summed E-state index contributed by atoms with van der Waals surface area (Å²) in [5.41, 5.74) is 6.08. The van der Waals surface area contributed by atoms with Crippen molar-refractivity contribution in [2.24, 2.45) is 11.7 Å². The molecule has 1 unspecified atom stereocenters. The monoisotopic (exact) mass is 527 g/mol. The maximum Gasteiger partial charge on any atom is 0.215 e. The van der Waals surface area contributed by atoms with Crippen LogP contribution in [0.3, 0.4) is 0 Å². The van der Waals surface area contributed by atoms with Gasteiger partial charge in [0.2, 0.25) is 20.0 Å². The molecule has 1 saturated carbocycles. The lowest BCUT2D eigenvalue weighted by atomic mass is 9.98. The summed E-state index contributed by atoms with van der Waals surface area (Å²) in [5.74, 6) is -3.61. The molecule has 7 nitrogen and oxygen atoms in total. The van der Waals surface area contributed by atoms with Crippen molar-refractivity contribution in [2.45, 2.75) is 76.6 Å². The summed E-state index contributed by atoms with van der Waals surface area (Å²) in [7, 11) is -7.24. The fraction of sp³-hybridized carbons (Fsp3) is 0.727. The first-order valence-corrected chi connectivity index (χ1v) is 14.8. The molecule has 34 heavy (non-hydrogen) atoms. The van der Waals surface area contributed by atoms with Crippen LogP contribution >= 0.6 is 0 Å². The van der Waals surface area contributed by atoms with Gasteiger partial charge >= 0.3 is 0 Å². The molecule has 12 heteroatoms. The van der Waals surface area contributed by atoms with Crippen LogP contribution in [0.25, 0.3) is 0 Å². The molecule has 1 aliphatic rings. The van der Waals surface area contributed by atoms with Crippen LogP contribution in [0, 0.1) is 23.4 Å². The smallest absolute Gasteiger partial charge is 0.215 e. The predicted octanol–water partition coefficient (Wildman–Crippen LogP) is 2.90. The number of rotatable bonds is 15. The van der Waals surface area contributed by atoms with Crippen molar-refractivity contribution in [1.29, 1.82) is 0 Å². The molecule has 1 aliphatic carbocycles. The minimum Gasteiger partial charge on any atom is -0.327 e. The Balaban J connectivity index is 2.02. The van der Waals surface area contributed by atoms with Gasteiger partial charge in [-0.2, -0.15) is 4.31 Å². The van der Waals surface area contributed by atoms with E-state index < -0.39 is 48.8 Å². The predicted molar refractivity (Wildman–Crippen MR) is 127 cm³/mol. The van der Waals surface area contributed by atoms with Crippen LogP contribution in [-0.4, -0.2) is 57.3 Å².